The summed E-state index contributed by atoms with van der Waals surface area (Å²) in [5, 5.41) is 12.2. The fourth-order valence-electron chi connectivity index (χ4n) is 1.10. The first-order chi connectivity index (χ1) is 7.15. The molecule has 5 heteroatoms. The Kier molecular flexibility index (Phi) is 4.58. The highest BCUT2D eigenvalue weighted by molar-refractivity contribution is 9.10. The van der Waals surface area contributed by atoms with Crippen LogP contribution in [0.5, 0.6) is 5.75 Å². The molecular formula is C10H13BrN2O2. The zero-order chi connectivity index (χ0) is 11.3. The van der Waals surface area contributed by atoms with E-state index < -0.39 is 0 Å². The summed E-state index contributed by atoms with van der Waals surface area (Å²) in [7, 11) is 0. The number of halogens is 1. The van der Waals surface area contributed by atoms with Gasteiger partial charge in [-0.25, -0.2) is 0 Å². The van der Waals surface area contributed by atoms with Crippen molar-refractivity contribution in [3.8, 4) is 5.75 Å². The number of phenols is 1. The van der Waals surface area contributed by atoms with Crippen LogP contribution in [0, 0.1) is 0 Å². The fraction of sp³-hybridized carbons (Fsp3) is 0.300. The topological polar surface area (TPSA) is 75.3 Å². The predicted molar refractivity (Wildman–Crippen MR) is 61.8 cm³/mol. The van der Waals surface area contributed by atoms with E-state index in [1.165, 1.54) is 6.07 Å². The molecule has 4 N–H and O–H groups in total. The molecule has 82 valence electrons. The molecular weight excluding hydrogens is 260 g/mol. The second kappa shape index (κ2) is 5.72. The third-order valence-corrected chi connectivity index (χ3v) is 2.36. The molecule has 0 heterocycles. The molecule has 0 radical (unpaired) electrons. The van der Waals surface area contributed by atoms with Crippen LogP contribution in [0.2, 0.25) is 0 Å². The Hall–Kier alpha value is -1.07. The summed E-state index contributed by atoms with van der Waals surface area (Å²) in [6.07, 6.45) is 0.725. The van der Waals surface area contributed by atoms with Gasteiger partial charge in [-0.15, -0.1) is 0 Å². The van der Waals surface area contributed by atoms with Crippen LogP contribution in [0.1, 0.15) is 16.8 Å². The quantitative estimate of drug-likeness (QED) is 0.722. The first kappa shape index (κ1) is 12.0. The van der Waals surface area contributed by atoms with Crippen LogP contribution in [0.4, 0.5) is 0 Å². The molecule has 0 fully saturated rings. The smallest absolute Gasteiger partial charge is 0.255 e. The number of nitrogens with two attached hydrogens (primary N) is 1. The Morgan fingerprint density at radius 2 is 2.27 bits per heavy atom. The van der Waals surface area contributed by atoms with Crippen molar-refractivity contribution in [3.05, 3.63) is 28.2 Å². The minimum absolute atomic E-state index is 0.0328. The Morgan fingerprint density at radius 1 is 1.53 bits per heavy atom. The van der Waals surface area contributed by atoms with Gasteiger partial charge in [-0.2, -0.15) is 0 Å². The van der Waals surface area contributed by atoms with E-state index >= 15 is 0 Å². The maximum Gasteiger partial charge on any atom is 0.255 e. The van der Waals surface area contributed by atoms with Gasteiger partial charge in [0.25, 0.3) is 5.91 Å². The van der Waals surface area contributed by atoms with Crippen molar-refractivity contribution >= 4 is 21.8 Å². The number of hydrogen-bond donors (Lipinski definition) is 3. The number of carbonyl (C=O) groups is 1. The lowest BCUT2D eigenvalue weighted by Gasteiger charge is -2.06. The van der Waals surface area contributed by atoms with Crippen LogP contribution in [0.25, 0.3) is 0 Å². The van der Waals surface area contributed by atoms with E-state index in [1.807, 2.05) is 0 Å². The number of aromatic hydroxyl groups is 1. The highest BCUT2D eigenvalue weighted by Crippen LogP contribution is 2.21. The maximum atomic E-state index is 11.5. The van der Waals surface area contributed by atoms with Gasteiger partial charge >= 0.3 is 0 Å². The summed E-state index contributed by atoms with van der Waals surface area (Å²) in [5.41, 5.74) is 5.57. The van der Waals surface area contributed by atoms with Crippen molar-refractivity contribution in [2.45, 2.75) is 6.42 Å². The molecule has 0 saturated heterocycles. The number of carbonyl (C=O) groups excluding carboxylic acids is 1. The van der Waals surface area contributed by atoms with Gasteiger partial charge in [0.2, 0.25) is 0 Å². The molecule has 0 unspecified atom stereocenters. The Bertz CT molecular complexity index is 355. The number of hydrogen-bond acceptors (Lipinski definition) is 3. The lowest BCUT2D eigenvalue weighted by atomic mass is 10.2. The average Bonchev–Trinajstić information content (AvgIpc) is 2.17. The van der Waals surface area contributed by atoms with Gasteiger partial charge in [-0.3, -0.25) is 4.79 Å². The first-order valence-electron chi connectivity index (χ1n) is 4.62. The summed E-state index contributed by atoms with van der Waals surface area (Å²) in [6.45, 7) is 1.05. The fourth-order valence-corrected chi connectivity index (χ4v) is 1.45. The van der Waals surface area contributed by atoms with Gasteiger partial charge < -0.3 is 16.2 Å². The summed E-state index contributed by atoms with van der Waals surface area (Å²) >= 11 is 3.20. The second-order valence-corrected chi connectivity index (χ2v) is 3.98. The van der Waals surface area contributed by atoms with E-state index in [0.717, 1.165) is 10.9 Å². The normalized spacial score (nSPS) is 10.0. The van der Waals surface area contributed by atoms with Gasteiger partial charge in [-0.05, 0) is 31.2 Å². The second-order valence-electron chi connectivity index (χ2n) is 3.06. The molecule has 0 aliphatic heterocycles. The van der Waals surface area contributed by atoms with Crippen molar-refractivity contribution in [3.63, 3.8) is 0 Å². The summed E-state index contributed by atoms with van der Waals surface area (Å²) < 4.78 is 0.735. The third kappa shape index (κ3) is 3.53. The van der Waals surface area contributed by atoms with E-state index in [2.05, 4.69) is 21.2 Å². The largest absolute Gasteiger partial charge is 0.507 e. The van der Waals surface area contributed by atoms with Gasteiger partial charge in [0, 0.05) is 11.0 Å². The molecule has 0 aliphatic carbocycles. The Labute approximate surface area is 96.6 Å². The van der Waals surface area contributed by atoms with E-state index in [-0.39, 0.29) is 17.2 Å². The van der Waals surface area contributed by atoms with Gasteiger partial charge in [-0.1, -0.05) is 15.9 Å². The van der Waals surface area contributed by atoms with Crippen LogP contribution in [-0.4, -0.2) is 24.1 Å². The number of phenolic OH excluding ortho intramolecular Hbond substituents is 1. The molecule has 0 bridgehead atoms. The van der Waals surface area contributed by atoms with E-state index in [4.69, 9.17) is 5.73 Å². The molecule has 0 spiro atoms. The zero-order valence-corrected chi connectivity index (χ0v) is 9.75. The molecule has 0 aromatic heterocycles. The van der Waals surface area contributed by atoms with Crippen molar-refractivity contribution in [2.75, 3.05) is 13.1 Å². The van der Waals surface area contributed by atoms with Crippen molar-refractivity contribution < 1.29 is 9.90 Å². The number of benzene rings is 1. The standard InChI is InChI=1S/C10H13BrN2O2/c11-7-2-3-8(9(14)6-7)10(15)13-5-1-4-12/h2-3,6,14H,1,4-5,12H2,(H,13,15). The van der Waals surface area contributed by atoms with Gasteiger partial charge in [0.05, 0.1) is 5.56 Å². The zero-order valence-electron chi connectivity index (χ0n) is 8.16. The lowest BCUT2D eigenvalue weighted by Crippen LogP contribution is -2.25. The monoisotopic (exact) mass is 272 g/mol. The molecule has 4 nitrogen and oxygen atoms in total. The summed E-state index contributed by atoms with van der Waals surface area (Å²) in [6, 6.07) is 4.76. The number of nitrogens with one attached hydrogen (secondary N) is 1. The van der Waals surface area contributed by atoms with Crippen LogP contribution >= 0.6 is 15.9 Å². The highest BCUT2D eigenvalue weighted by atomic mass is 79.9. The average molecular weight is 273 g/mol. The lowest BCUT2D eigenvalue weighted by molar-refractivity contribution is 0.0951. The van der Waals surface area contributed by atoms with Crippen molar-refractivity contribution in [2.24, 2.45) is 5.73 Å². The summed E-state index contributed by atoms with van der Waals surface area (Å²) in [5.74, 6) is -0.317. The van der Waals surface area contributed by atoms with Crippen molar-refractivity contribution in [1.82, 2.24) is 5.32 Å². The van der Waals surface area contributed by atoms with Gasteiger partial charge in [0.15, 0.2) is 0 Å². The Morgan fingerprint density at radius 3 is 2.87 bits per heavy atom. The van der Waals surface area contributed by atoms with E-state index in [9.17, 15) is 9.90 Å². The van der Waals surface area contributed by atoms with Crippen LogP contribution in [-0.2, 0) is 0 Å². The van der Waals surface area contributed by atoms with Crippen molar-refractivity contribution in [1.29, 1.82) is 0 Å². The number of rotatable bonds is 4. The van der Waals surface area contributed by atoms with Gasteiger partial charge in [0.1, 0.15) is 5.75 Å². The molecule has 15 heavy (non-hydrogen) atoms. The minimum atomic E-state index is -0.284. The number of amides is 1. The molecule has 1 amide bonds. The molecule has 1 aromatic carbocycles. The maximum absolute atomic E-state index is 11.5. The van der Waals surface area contributed by atoms with Crippen LogP contribution < -0.4 is 11.1 Å². The summed E-state index contributed by atoms with van der Waals surface area (Å²) in [4.78, 5) is 11.5. The highest BCUT2D eigenvalue weighted by Gasteiger charge is 2.09. The molecule has 0 atom stereocenters. The first-order valence-corrected chi connectivity index (χ1v) is 5.41. The van der Waals surface area contributed by atoms with Crippen LogP contribution in [0.3, 0.4) is 0 Å². The van der Waals surface area contributed by atoms with Crippen LogP contribution in [0.15, 0.2) is 22.7 Å². The minimum Gasteiger partial charge on any atom is -0.507 e. The molecule has 1 rings (SSSR count). The molecule has 1 aromatic rings. The molecule has 0 saturated carbocycles. The third-order valence-electron chi connectivity index (χ3n) is 1.87. The SMILES string of the molecule is NCCCNC(=O)c1ccc(Br)cc1O. The predicted octanol–water partition coefficient (Wildman–Crippen LogP) is 1.23. The van der Waals surface area contributed by atoms with E-state index in [0.29, 0.717) is 13.1 Å². The molecule has 0 aliphatic rings. The van der Waals surface area contributed by atoms with E-state index in [1.54, 1.807) is 12.1 Å². The Balaban J connectivity index is 2.65.